The first-order valence-corrected chi connectivity index (χ1v) is 9.75. The van der Waals surface area contributed by atoms with Gasteiger partial charge >= 0.3 is 6.03 Å². The molecule has 0 radical (unpaired) electrons. The van der Waals surface area contributed by atoms with Gasteiger partial charge in [0, 0.05) is 31.9 Å². The van der Waals surface area contributed by atoms with Gasteiger partial charge < -0.3 is 20.1 Å². The lowest BCUT2D eigenvalue weighted by Crippen LogP contribution is -2.53. The van der Waals surface area contributed by atoms with Crippen LogP contribution in [0.4, 0.5) is 4.79 Å². The van der Waals surface area contributed by atoms with Crippen molar-refractivity contribution in [2.75, 3.05) is 6.54 Å². The molecule has 0 spiro atoms. The number of hydrogen-bond acceptors (Lipinski definition) is 2. The molecule has 27 heavy (non-hydrogen) atoms. The normalized spacial score (nSPS) is 19.8. The molecule has 6 nitrogen and oxygen atoms in total. The van der Waals surface area contributed by atoms with Gasteiger partial charge in [-0.1, -0.05) is 43.2 Å². The molecule has 6 heteroatoms. The Hall–Kier alpha value is -2.76. The van der Waals surface area contributed by atoms with E-state index in [1.165, 1.54) is 12.8 Å². The Balaban J connectivity index is 1.44. The Morgan fingerprint density at radius 3 is 2.63 bits per heavy atom. The maximum absolute atomic E-state index is 13.0. The summed E-state index contributed by atoms with van der Waals surface area (Å²) in [6, 6.07) is 13.8. The van der Waals surface area contributed by atoms with Crippen LogP contribution in [0, 0.1) is 0 Å². The van der Waals surface area contributed by atoms with Gasteiger partial charge in [0.05, 0.1) is 6.04 Å². The van der Waals surface area contributed by atoms with Gasteiger partial charge in [0.15, 0.2) is 0 Å². The predicted molar refractivity (Wildman–Crippen MR) is 103 cm³/mol. The SMILES string of the molecule is O=C(NCC1Cn2cccc2C(=O)N1Cc1ccccc1)NC1CCCC1. The quantitative estimate of drug-likeness (QED) is 0.854. The minimum Gasteiger partial charge on any atom is -0.341 e. The summed E-state index contributed by atoms with van der Waals surface area (Å²) in [5.74, 6) is 0.0121. The van der Waals surface area contributed by atoms with Crippen molar-refractivity contribution in [1.29, 1.82) is 0 Å². The van der Waals surface area contributed by atoms with Crippen LogP contribution in [0.1, 0.15) is 41.7 Å². The number of hydrogen-bond donors (Lipinski definition) is 2. The molecule has 1 unspecified atom stereocenters. The third kappa shape index (κ3) is 3.99. The van der Waals surface area contributed by atoms with Crippen LogP contribution in [-0.2, 0) is 13.1 Å². The highest BCUT2D eigenvalue weighted by atomic mass is 16.2. The van der Waals surface area contributed by atoms with Crippen molar-refractivity contribution in [2.24, 2.45) is 0 Å². The van der Waals surface area contributed by atoms with E-state index in [-0.39, 0.29) is 24.0 Å². The predicted octanol–water partition coefficient (Wildman–Crippen LogP) is 2.75. The van der Waals surface area contributed by atoms with Gasteiger partial charge in [0.2, 0.25) is 0 Å². The Morgan fingerprint density at radius 1 is 1.07 bits per heavy atom. The van der Waals surface area contributed by atoms with Crippen LogP contribution in [-0.4, -0.2) is 40.0 Å². The van der Waals surface area contributed by atoms with Gasteiger partial charge in [-0.2, -0.15) is 0 Å². The second kappa shape index (κ2) is 7.86. The van der Waals surface area contributed by atoms with E-state index in [1.54, 1.807) is 0 Å². The molecule has 2 aliphatic rings. The highest BCUT2D eigenvalue weighted by molar-refractivity contribution is 5.93. The van der Waals surface area contributed by atoms with Gasteiger partial charge in [0.25, 0.3) is 5.91 Å². The molecular weight excluding hydrogens is 340 g/mol. The molecule has 2 aromatic rings. The zero-order valence-electron chi connectivity index (χ0n) is 15.4. The van der Waals surface area contributed by atoms with Crippen molar-refractivity contribution in [1.82, 2.24) is 20.1 Å². The molecule has 1 atom stereocenters. The van der Waals surface area contributed by atoms with Crippen molar-refractivity contribution in [3.63, 3.8) is 0 Å². The highest BCUT2D eigenvalue weighted by Gasteiger charge is 2.32. The summed E-state index contributed by atoms with van der Waals surface area (Å²) < 4.78 is 1.98. The fraction of sp³-hybridized carbons (Fsp3) is 0.429. The van der Waals surface area contributed by atoms with Crippen molar-refractivity contribution in [2.45, 2.75) is 50.9 Å². The molecule has 0 saturated heterocycles. The number of fused-ring (bicyclic) bond motifs is 1. The van der Waals surface area contributed by atoms with E-state index >= 15 is 0 Å². The summed E-state index contributed by atoms with van der Waals surface area (Å²) in [6.45, 7) is 1.67. The smallest absolute Gasteiger partial charge is 0.315 e. The minimum absolute atomic E-state index is 0.0121. The third-order valence-corrected chi connectivity index (χ3v) is 5.54. The molecule has 1 aliphatic carbocycles. The lowest BCUT2D eigenvalue weighted by molar-refractivity contribution is 0.0574. The molecular formula is C21H26N4O2. The number of rotatable bonds is 5. The monoisotopic (exact) mass is 366 g/mol. The number of nitrogens with one attached hydrogen (secondary N) is 2. The lowest BCUT2D eigenvalue weighted by Gasteiger charge is -2.37. The summed E-state index contributed by atoms with van der Waals surface area (Å²) in [5, 5.41) is 6.03. The number of benzene rings is 1. The molecule has 1 aliphatic heterocycles. The largest absolute Gasteiger partial charge is 0.341 e. The number of nitrogens with zero attached hydrogens (tertiary/aromatic N) is 2. The first-order chi connectivity index (χ1) is 13.2. The standard InChI is InChI=1S/C21H26N4O2/c26-20-19-11-6-12-24(19)15-18(25(20)14-16-7-2-1-3-8-16)13-22-21(27)23-17-9-4-5-10-17/h1-3,6-8,11-12,17-18H,4-5,9-10,13-15H2,(H2,22,23,27). The fourth-order valence-electron chi connectivity index (χ4n) is 4.08. The first kappa shape index (κ1) is 17.6. The highest BCUT2D eigenvalue weighted by Crippen LogP contribution is 2.21. The number of urea groups is 1. The van der Waals surface area contributed by atoms with Crippen molar-refractivity contribution >= 4 is 11.9 Å². The van der Waals surface area contributed by atoms with E-state index in [9.17, 15) is 9.59 Å². The minimum atomic E-state index is -0.132. The maximum atomic E-state index is 13.0. The zero-order valence-corrected chi connectivity index (χ0v) is 15.4. The molecule has 3 amide bonds. The molecule has 1 aromatic carbocycles. The van der Waals surface area contributed by atoms with E-state index in [0.29, 0.717) is 25.3 Å². The molecule has 1 fully saturated rings. The van der Waals surface area contributed by atoms with Crippen LogP contribution in [0.5, 0.6) is 0 Å². The summed E-state index contributed by atoms with van der Waals surface area (Å²) in [4.78, 5) is 27.1. The zero-order chi connectivity index (χ0) is 18.6. The summed E-state index contributed by atoms with van der Waals surface area (Å²) in [6.07, 6.45) is 6.41. The van der Waals surface area contributed by atoms with Gasteiger partial charge in [0.1, 0.15) is 5.69 Å². The summed E-state index contributed by atoms with van der Waals surface area (Å²) >= 11 is 0. The van der Waals surface area contributed by atoms with Crippen LogP contribution in [0.3, 0.4) is 0 Å². The molecule has 0 bridgehead atoms. The van der Waals surface area contributed by atoms with Crippen LogP contribution in [0.2, 0.25) is 0 Å². The second-order valence-electron chi connectivity index (χ2n) is 7.45. The van der Waals surface area contributed by atoms with Crippen LogP contribution < -0.4 is 10.6 Å². The van der Waals surface area contributed by atoms with Gasteiger partial charge in [-0.25, -0.2) is 4.79 Å². The molecule has 142 valence electrons. The summed E-state index contributed by atoms with van der Waals surface area (Å²) in [7, 11) is 0. The number of aromatic nitrogens is 1. The average molecular weight is 366 g/mol. The number of carbonyl (C=O) groups is 2. The Labute approximate surface area is 159 Å². The van der Waals surface area contributed by atoms with E-state index in [2.05, 4.69) is 10.6 Å². The van der Waals surface area contributed by atoms with Crippen LogP contribution in [0.15, 0.2) is 48.7 Å². The molecule has 2 heterocycles. The van der Waals surface area contributed by atoms with Crippen molar-refractivity contribution in [3.8, 4) is 0 Å². The third-order valence-electron chi connectivity index (χ3n) is 5.54. The summed E-state index contributed by atoms with van der Waals surface area (Å²) in [5.41, 5.74) is 1.80. The maximum Gasteiger partial charge on any atom is 0.315 e. The van der Waals surface area contributed by atoms with E-state index in [0.717, 1.165) is 18.4 Å². The van der Waals surface area contributed by atoms with E-state index in [1.807, 2.05) is 58.1 Å². The van der Waals surface area contributed by atoms with Crippen LogP contribution in [0.25, 0.3) is 0 Å². The van der Waals surface area contributed by atoms with Crippen molar-refractivity contribution in [3.05, 3.63) is 59.9 Å². The molecule has 4 rings (SSSR count). The van der Waals surface area contributed by atoms with Crippen LogP contribution >= 0.6 is 0 Å². The first-order valence-electron chi connectivity index (χ1n) is 9.75. The Morgan fingerprint density at radius 2 is 1.85 bits per heavy atom. The van der Waals surface area contributed by atoms with Gasteiger partial charge in [-0.05, 0) is 30.5 Å². The molecule has 1 saturated carbocycles. The number of amides is 3. The Kier molecular flexibility index (Phi) is 5.14. The van der Waals surface area contributed by atoms with Gasteiger partial charge in [-0.3, -0.25) is 4.79 Å². The topological polar surface area (TPSA) is 66.4 Å². The number of carbonyl (C=O) groups excluding carboxylic acids is 2. The molecule has 2 N–H and O–H groups in total. The lowest BCUT2D eigenvalue weighted by atomic mass is 10.1. The average Bonchev–Trinajstić information content (AvgIpc) is 3.35. The Bertz CT molecular complexity index is 796. The van der Waals surface area contributed by atoms with Crippen molar-refractivity contribution < 1.29 is 9.59 Å². The molecule has 1 aromatic heterocycles. The van der Waals surface area contributed by atoms with Gasteiger partial charge in [-0.15, -0.1) is 0 Å². The van der Waals surface area contributed by atoms with E-state index in [4.69, 9.17) is 0 Å². The fourth-order valence-corrected chi connectivity index (χ4v) is 4.08. The van der Waals surface area contributed by atoms with E-state index < -0.39 is 0 Å². The second-order valence-corrected chi connectivity index (χ2v) is 7.45.